The van der Waals surface area contributed by atoms with Crippen molar-refractivity contribution in [2.24, 2.45) is 0 Å². The van der Waals surface area contributed by atoms with E-state index in [1.54, 1.807) is 0 Å². The van der Waals surface area contributed by atoms with Gasteiger partial charge in [0.05, 0.1) is 46.2 Å². The number of rotatable bonds is 16. The Labute approximate surface area is 405 Å². The zero-order valence-electron chi connectivity index (χ0n) is 37.6. The molecule has 7 heterocycles. The SMILES string of the molecule is OC[C@H]1O[C@@H](O)[C@H](F)[C@@H](O)[C@@H]1O[C@@H]1O[C@H](CO[C@H]2OC[C@@H](O)[C@H](O)[C@H]2O)[C@@H](O[C@@H]2O[C@H](CO[C@H]3OC[C@@H](O)[C@H](O)[C@H]3O)[C@@H](O[C@@H]3O[C@H](CO[C@H]4OC[C@@H](O)[C@H](O)[C@H]4O)[C@@H](O)[C@H](O)[C@H]3O)[C@H](O)[C@H]2O)[C@H](O)[C@H]1O. The highest BCUT2D eigenvalue weighted by molar-refractivity contribution is 4.99. The molecule has 7 aliphatic rings. The molecular weight excluding hydrogens is 999 g/mol. The fourth-order valence-corrected chi connectivity index (χ4v) is 8.84. The summed E-state index contributed by atoms with van der Waals surface area (Å²) in [5.41, 5.74) is 0. The number of hydrogen-bond donors (Lipinski definition) is 19. The van der Waals surface area contributed by atoms with Crippen LogP contribution in [0.15, 0.2) is 0 Å². The number of alkyl halides is 1. The van der Waals surface area contributed by atoms with Crippen LogP contribution >= 0.6 is 0 Å². The van der Waals surface area contributed by atoms with E-state index >= 15 is 0 Å². The third kappa shape index (κ3) is 12.5. The van der Waals surface area contributed by atoms with E-state index in [9.17, 15) is 101 Å². The molecule has 0 aliphatic carbocycles. The van der Waals surface area contributed by atoms with Crippen LogP contribution in [0.5, 0.6) is 0 Å². The van der Waals surface area contributed by atoms with Crippen LogP contribution in [0.3, 0.4) is 0 Å². The molecule has 0 bridgehead atoms. The van der Waals surface area contributed by atoms with Gasteiger partial charge in [0.1, 0.15) is 146 Å². The summed E-state index contributed by atoms with van der Waals surface area (Å²) >= 11 is 0. The van der Waals surface area contributed by atoms with Gasteiger partial charge in [0.15, 0.2) is 50.2 Å². The average Bonchev–Trinajstić information content (AvgIpc) is 3.36. The van der Waals surface area contributed by atoms with Gasteiger partial charge in [0, 0.05) is 0 Å². The molecule has 7 aliphatic heterocycles. The summed E-state index contributed by atoms with van der Waals surface area (Å²) in [5, 5.41) is 201. The predicted molar refractivity (Wildman–Crippen MR) is 213 cm³/mol. The van der Waals surface area contributed by atoms with E-state index in [2.05, 4.69) is 0 Å². The standard InChI is InChI=1S/C39H65FO32/c40-15-20(49)30(11(1-41)66-33(15)59)70-38-28(57)22(51)32(14(68-38)7-65-36-26(55)18(47)10(44)4-62-36)72-39-29(58)23(52)31(13(69-39)6-64-35-25(54)17(46)9(43)3-61-35)71-37-27(56)21(50)19(48)12(67-37)5-63-34-24(53)16(45)8(42)2-60-34/h8-39,41-59H,1-7H2/t8-,9-,10-,11-,12-,13-,14-,15-,16+,17+,18+,19-,20-,21+,22-,23-,24-,25-,26-,27-,28-,29-,30-,31-,32-,33-,34-,35-,36-,37+,38+,39+/m1/s1. The molecule has 33 heteroatoms. The summed E-state index contributed by atoms with van der Waals surface area (Å²) in [6.07, 6.45) is -61.9. The molecule has 0 spiro atoms. The molecule has 7 rings (SSSR count). The first kappa shape index (κ1) is 58.3. The van der Waals surface area contributed by atoms with Crippen molar-refractivity contribution < 1.29 is 163 Å². The normalized spacial score (nSPS) is 53.8. The minimum atomic E-state index is -2.51. The van der Waals surface area contributed by atoms with Gasteiger partial charge in [0.25, 0.3) is 0 Å². The Bertz CT molecular complexity index is 1670. The van der Waals surface area contributed by atoms with Crippen molar-refractivity contribution in [1.82, 2.24) is 0 Å². The molecule has 0 aromatic heterocycles. The van der Waals surface area contributed by atoms with E-state index in [4.69, 9.17) is 61.6 Å². The summed E-state index contributed by atoms with van der Waals surface area (Å²) < 4.78 is 86.9. The largest absolute Gasteiger partial charge is 0.394 e. The molecule has 32 nitrogen and oxygen atoms in total. The summed E-state index contributed by atoms with van der Waals surface area (Å²) in [4.78, 5) is 0. The van der Waals surface area contributed by atoms with Gasteiger partial charge >= 0.3 is 0 Å². The molecule has 32 atom stereocenters. The lowest BCUT2D eigenvalue weighted by atomic mass is 9.95. The maximum Gasteiger partial charge on any atom is 0.189 e. The first-order chi connectivity index (χ1) is 34.0. The van der Waals surface area contributed by atoms with Crippen molar-refractivity contribution in [1.29, 1.82) is 0 Å². The average molecular weight is 1060 g/mol. The van der Waals surface area contributed by atoms with Gasteiger partial charge in [0.2, 0.25) is 0 Å². The molecule has 0 saturated carbocycles. The van der Waals surface area contributed by atoms with Crippen LogP contribution in [0.4, 0.5) is 4.39 Å². The van der Waals surface area contributed by atoms with Crippen molar-refractivity contribution in [2.45, 2.75) is 197 Å². The second kappa shape index (κ2) is 25.0. The predicted octanol–water partition coefficient (Wildman–Crippen LogP) is -13.4. The highest BCUT2D eigenvalue weighted by Gasteiger charge is 2.56. The number of ether oxygens (including phenoxy) is 13. The summed E-state index contributed by atoms with van der Waals surface area (Å²) in [6, 6.07) is 0. The molecule has 7 saturated heterocycles. The van der Waals surface area contributed by atoms with Gasteiger partial charge in [-0.2, -0.15) is 0 Å². The number of aliphatic hydroxyl groups is 19. The number of aliphatic hydroxyl groups excluding tert-OH is 19. The van der Waals surface area contributed by atoms with Crippen LogP contribution < -0.4 is 0 Å². The van der Waals surface area contributed by atoms with Gasteiger partial charge in [-0.1, -0.05) is 0 Å². The number of hydrogen-bond acceptors (Lipinski definition) is 32. The van der Waals surface area contributed by atoms with Crippen LogP contribution in [-0.4, -0.2) is 340 Å². The maximum atomic E-state index is 14.7. The van der Waals surface area contributed by atoms with E-state index in [-0.39, 0.29) is 0 Å². The van der Waals surface area contributed by atoms with Gasteiger partial charge in [-0.15, -0.1) is 0 Å². The fraction of sp³-hybridized carbons (Fsp3) is 1.00. The molecule has 0 amide bonds. The Balaban J connectivity index is 1.11. The molecule has 0 aromatic carbocycles. The molecular formula is C39H65FO32. The monoisotopic (exact) mass is 1060 g/mol. The van der Waals surface area contributed by atoms with Crippen molar-refractivity contribution in [3.8, 4) is 0 Å². The van der Waals surface area contributed by atoms with Gasteiger partial charge in [-0.05, 0) is 0 Å². The Morgan fingerprint density at radius 3 is 1.03 bits per heavy atom. The molecule has 0 unspecified atom stereocenters. The Morgan fingerprint density at radius 1 is 0.333 bits per heavy atom. The molecule has 0 radical (unpaired) electrons. The van der Waals surface area contributed by atoms with Gasteiger partial charge < -0.3 is 159 Å². The van der Waals surface area contributed by atoms with Crippen LogP contribution in [0.2, 0.25) is 0 Å². The van der Waals surface area contributed by atoms with Crippen molar-refractivity contribution in [2.75, 3.05) is 46.2 Å². The van der Waals surface area contributed by atoms with E-state index in [0.717, 1.165) is 0 Å². The van der Waals surface area contributed by atoms with Crippen molar-refractivity contribution in [3.05, 3.63) is 0 Å². The third-order valence-electron chi connectivity index (χ3n) is 13.3. The quantitative estimate of drug-likeness (QED) is 0.0682. The zero-order chi connectivity index (χ0) is 52.6. The molecule has 72 heavy (non-hydrogen) atoms. The van der Waals surface area contributed by atoms with Crippen LogP contribution in [0.1, 0.15) is 0 Å². The summed E-state index contributed by atoms with van der Waals surface area (Å²) in [5.74, 6) is 0. The minimum Gasteiger partial charge on any atom is -0.394 e. The lowest BCUT2D eigenvalue weighted by Gasteiger charge is -2.49. The molecule has 7 fully saturated rings. The first-order valence-electron chi connectivity index (χ1n) is 22.8. The van der Waals surface area contributed by atoms with E-state index in [1.807, 2.05) is 0 Å². The Morgan fingerprint density at radius 2 is 0.653 bits per heavy atom. The molecule has 19 N–H and O–H groups in total. The smallest absolute Gasteiger partial charge is 0.189 e. The number of halogens is 1. The van der Waals surface area contributed by atoms with Gasteiger partial charge in [-0.3, -0.25) is 0 Å². The second-order valence-electron chi connectivity index (χ2n) is 18.3. The van der Waals surface area contributed by atoms with Crippen LogP contribution in [-0.2, 0) is 61.6 Å². The lowest BCUT2D eigenvalue weighted by Crippen LogP contribution is -2.67. The third-order valence-corrected chi connectivity index (χ3v) is 13.3. The summed E-state index contributed by atoms with van der Waals surface area (Å²) in [7, 11) is 0. The fourth-order valence-electron chi connectivity index (χ4n) is 8.84. The van der Waals surface area contributed by atoms with Crippen molar-refractivity contribution >= 4 is 0 Å². The van der Waals surface area contributed by atoms with E-state index in [0.29, 0.717) is 0 Å². The lowest BCUT2D eigenvalue weighted by molar-refractivity contribution is -0.393. The highest BCUT2D eigenvalue weighted by Crippen LogP contribution is 2.36. The second-order valence-corrected chi connectivity index (χ2v) is 18.3. The Hall–Kier alpha value is -1.35. The van der Waals surface area contributed by atoms with Crippen LogP contribution in [0.25, 0.3) is 0 Å². The first-order valence-corrected chi connectivity index (χ1v) is 22.8. The summed E-state index contributed by atoms with van der Waals surface area (Å²) in [6.45, 7) is -5.07. The topological polar surface area (TPSA) is 504 Å². The zero-order valence-corrected chi connectivity index (χ0v) is 37.6. The molecule has 420 valence electrons. The van der Waals surface area contributed by atoms with E-state index in [1.165, 1.54) is 0 Å². The van der Waals surface area contributed by atoms with Gasteiger partial charge in [-0.25, -0.2) is 4.39 Å². The molecule has 0 aromatic rings. The minimum absolute atomic E-state index is 0.475. The van der Waals surface area contributed by atoms with Crippen LogP contribution in [0, 0.1) is 0 Å². The van der Waals surface area contributed by atoms with E-state index < -0.39 is 243 Å². The van der Waals surface area contributed by atoms with Crippen molar-refractivity contribution in [3.63, 3.8) is 0 Å². The maximum absolute atomic E-state index is 14.7. The highest BCUT2D eigenvalue weighted by atomic mass is 19.1. The Kier molecular flexibility index (Phi) is 20.2.